The number of fused-ring (bicyclic) bond motifs is 2. The van der Waals surface area contributed by atoms with Crippen molar-refractivity contribution in [1.29, 1.82) is 0 Å². The van der Waals surface area contributed by atoms with Gasteiger partial charge in [-0.2, -0.15) is 0 Å². The number of carbonyl (C=O) groups excluding carboxylic acids is 1. The molecule has 5 heteroatoms. The molecule has 0 N–H and O–H groups in total. The third-order valence-corrected chi connectivity index (χ3v) is 3.64. The molecule has 2 aromatic heterocycles. The highest BCUT2D eigenvalue weighted by Gasteiger charge is 2.21. The van der Waals surface area contributed by atoms with E-state index >= 15 is 0 Å². The first kappa shape index (κ1) is 13.3. The minimum Gasteiger partial charge on any atom is -0.871 e. The summed E-state index contributed by atoms with van der Waals surface area (Å²) in [6.07, 6.45) is 0. The molecular formula is C18H9O5-. The van der Waals surface area contributed by atoms with Crippen LogP contribution in [0.25, 0.3) is 21.9 Å². The molecule has 0 fully saturated rings. The molecule has 0 saturated heterocycles. The van der Waals surface area contributed by atoms with E-state index in [1.807, 2.05) is 0 Å². The first-order chi connectivity index (χ1) is 11.1. The number of benzene rings is 2. The zero-order valence-electron chi connectivity index (χ0n) is 11.7. The summed E-state index contributed by atoms with van der Waals surface area (Å²) in [7, 11) is 0. The second-order valence-corrected chi connectivity index (χ2v) is 5.07. The van der Waals surface area contributed by atoms with Crippen molar-refractivity contribution in [3.05, 3.63) is 76.3 Å². The lowest BCUT2D eigenvalue weighted by molar-refractivity contribution is -0.266. The molecular weight excluding hydrogens is 296 g/mol. The summed E-state index contributed by atoms with van der Waals surface area (Å²) in [5, 5.41) is 13.4. The summed E-state index contributed by atoms with van der Waals surface area (Å²) < 4.78 is 10.5. The van der Waals surface area contributed by atoms with Gasteiger partial charge in [-0.05, 0) is 18.2 Å². The number of ketones is 1. The molecule has 0 bridgehead atoms. The zero-order valence-corrected chi connectivity index (χ0v) is 11.7. The van der Waals surface area contributed by atoms with Crippen LogP contribution in [0.5, 0.6) is 5.75 Å². The molecule has 0 radical (unpaired) electrons. The maximum absolute atomic E-state index is 12.5. The van der Waals surface area contributed by atoms with Crippen LogP contribution in [-0.2, 0) is 0 Å². The smallest absolute Gasteiger partial charge is 0.347 e. The van der Waals surface area contributed by atoms with E-state index in [4.69, 9.17) is 8.83 Å². The molecule has 5 nitrogen and oxygen atoms in total. The highest BCUT2D eigenvalue weighted by Crippen LogP contribution is 2.27. The van der Waals surface area contributed by atoms with Gasteiger partial charge in [0.2, 0.25) is 5.78 Å². The minimum atomic E-state index is -0.959. The molecule has 2 heterocycles. The van der Waals surface area contributed by atoms with Crippen LogP contribution in [0.2, 0.25) is 0 Å². The van der Waals surface area contributed by atoms with Gasteiger partial charge in [-0.15, -0.1) is 0 Å². The Morgan fingerprint density at radius 2 is 1.61 bits per heavy atom. The van der Waals surface area contributed by atoms with Gasteiger partial charge < -0.3 is 13.9 Å². The van der Waals surface area contributed by atoms with Gasteiger partial charge >= 0.3 is 5.63 Å². The van der Waals surface area contributed by atoms with Gasteiger partial charge in [0.25, 0.3) is 0 Å². The quantitative estimate of drug-likeness (QED) is 0.420. The number of rotatable bonds is 2. The lowest BCUT2D eigenvalue weighted by Crippen LogP contribution is -2.18. The molecule has 0 aliphatic carbocycles. The zero-order chi connectivity index (χ0) is 16.0. The van der Waals surface area contributed by atoms with E-state index in [1.165, 1.54) is 18.2 Å². The van der Waals surface area contributed by atoms with E-state index in [1.54, 1.807) is 36.4 Å². The van der Waals surface area contributed by atoms with Crippen LogP contribution in [0.3, 0.4) is 0 Å². The van der Waals surface area contributed by atoms with Gasteiger partial charge in [0.05, 0.1) is 0 Å². The fraction of sp³-hybridized carbons (Fsp3) is 0. The molecule has 23 heavy (non-hydrogen) atoms. The lowest BCUT2D eigenvalue weighted by atomic mass is 10.1. The highest BCUT2D eigenvalue weighted by molar-refractivity contribution is 6.12. The highest BCUT2D eigenvalue weighted by atomic mass is 16.4. The molecule has 0 aliphatic rings. The SMILES string of the molecule is O=C(c1cc2ccccc2o1)c1c([O-])c2ccccc2oc1=O. The average Bonchev–Trinajstić information content (AvgIpc) is 2.99. The maximum atomic E-state index is 12.5. The second kappa shape index (κ2) is 4.84. The first-order valence-corrected chi connectivity index (χ1v) is 6.91. The number of furan rings is 1. The van der Waals surface area contributed by atoms with E-state index in [-0.39, 0.29) is 16.7 Å². The van der Waals surface area contributed by atoms with E-state index in [0.29, 0.717) is 11.0 Å². The lowest BCUT2D eigenvalue weighted by Gasteiger charge is -2.12. The van der Waals surface area contributed by atoms with E-state index in [9.17, 15) is 14.7 Å². The molecule has 0 spiro atoms. The van der Waals surface area contributed by atoms with Crippen LogP contribution in [0.1, 0.15) is 16.1 Å². The first-order valence-electron chi connectivity index (χ1n) is 6.91. The third kappa shape index (κ3) is 2.02. The van der Waals surface area contributed by atoms with Gasteiger partial charge in [-0.25, -0.2) is 4.79 Å². The second-order valence-electron chi connectivity index (χ2n) is 5.07. The van der Waals surface area contributed by atoms with Gasteiger partial charge in [-0.3, -0.25) is 4.79 Å². The van der Waals surface area contributed by atoms with Crippen molar-refractivity contribution in [3.8, 4) is 5.75 Å². The predicted molar refractivity (Wildman–Crippen MR) is 81.6 cm³/mol. The number of carbonyl (C=O) groups is 1. The minimum absolute atomic E-state index is 0.0640. The Hall–Kier alpha value is -3.34. The Morgan fingerprint density at radius 3 is 2.39 bits per heavy atom. The van der Waals surface area contributed by atoms with Gasteiger partial charge in [0, 0.05) is 10.8 Å². The normalized spacial score (nSPS) is 11.1. The van der Waals surface area contributed by atoms with Crippen molar-refractivity contribution in [2.45, 2.75) is 0 Å². The Labute approximate surface area is 129 Å². The molecule has 4 aromatic rings. The van der Waals surface area contributed by atoms with Crippen molar-refractivity contribution in [3.63, 3.8) is 0 Å². The third-order valence-electron chi connectivity index (χ3n) is 3.64. The van der Waals surface area contributed by atoms with Crippen molar-refractivity contribution in [1.82, 2.24) is 0 Å². The van der Waals surface area contributed by atoms with Crippen molar-refractivity contribution < 1.29 is 18.7 Å². The summed E-state index contributed by atoms with van der Waals surface area (Å²) in [6.45, 7) is 0. The summed E-state index contributed by atoms with van der Waals surface area (Å²) >= 11 is 0. The molecule has 0 atom stereocenters. The van der Waals surface area contributed by atoms with Crippen LogP contribution in [0.4, 0.5) is 0 Å². The summed E-state index contributed by atoms with van der Waals surface area (Å²) in [5.41, 5.74) is -0.834. The predicted octanol–water partition coefficient (Wildman–Crippen LogP) is 2.84. The summed E-state index contributed by atoms with van der Waals surface area (Å²) in [6, 6.07) is 14.8. The molecule has 2 aromatic carbocycles. The fourth-order valence-electron chi connectivity index (χ4n) is 2.53. The number of para-hydroxylation sites is 2. The molecule has 0 amide bonds. The Balaban J connectivity index is 1.94. The largest absolute Gasteiger partial charge is 0.871 e. The molecule has 112 valence electrons. The van der Waals surface area contributed by atoms with E-state index in [0.717, 1.165) is 0 Å². The Kier molecular flexibility index (Phi) is 2.81. The molecule has 4 rings (SSSR count). The van der Waals surface area contributed by atoms with Crippen molar-refractivity contribution >= 4 is 27.7 Å². The Morgan fingerprint density at radius 1 is 0.913 bits per heavy atom. The number of hydrogen-bond donors (Lipinski definition) is 0. The monoisotopic (exact) mass is 305 g/mol. The van der Waals surface area contributed by atoms with Gasteiger partial charge in [0.15, 0.2) is 5.76 Å². The van der Waals surface area contributed by atoms with Crippen molar-refractivity contribution in [2.24, 2.45) is 0 Å². The van der Waals surface area contributed by atoms with Crippen LogP contribution in [-0.4, -0.2) is 5.78 Å². The fourth-order valence-corrected chi connectivity index (χ4v) is 2.53. The van der Waals surface area contributed by atoms with Crippen LogP contribution < -0.4 is 10.7 Å². The molecule has 0 unspecified atom stereocenters. The Bertz CT molecular complexity index is 1080. The standard InChI is InChI=1S/C18H10O5/c19-16-11-6-2-4-8-13(11)23-18(21)15(16)17(20)14-9-10-5-1-3-7-12(10)22-14/h1-9,19H/p-1. The summed E-state index contributed by atoms with van der Waals surface area (Å²) in [5.74, 6) is -1.49. The summed E-state index contributed by atoms with van der Waals surface area (Å²) in [4.78, 5) is 24.6. The van der Waals surface area contributed by atoms with Crippen LogP contribution >= 0.6 is 0 Å². The number of hydrogen-bond acceptors (Lipinski definition) is 5. The topological polar surface area (TPSA) is 83.5 Å². The molecule has 0 aliphatic heterocycles. The maximum Gasteiger partial charge on any atom is 0.347 e. The van der Waals surface area contributed by atoms with E-state index < -0.39 is 22.7 Å². The average molecular weight is 305 g/mol. The van der Waals surface area contributed by atoms with Gasteiger partial charge in [-0.1, -0.05) is 42.1 Å². The van der Waals surface area contributed by atoms with Crippen LogP contribution in [0.15, 0.2) is 68.2 Å². The molecule has 0 saturated carbocycles. The van der Waals surface area contributed by atoms with Crippen LogP contribution in [0, 0.1) is 0 Å². The van der Waals surface area contributed by atoms with E-state index in [2.05, 4.69) is 0 Å². The van der Waals surface area contributed by atoms with Gasteiger partial charge in [0.1, 0.15) is 16.7 Å². The van der Waals surface area contributed by atoms with Crippen molar-refractivity contribution in [2.75, 3.05) is 0 Å².